The lowest BCUT2D eigenvalue weighted by Crippen LogP contribution is -2.40. The molecule has 2 heterocycles. The highest BCUT2D eigenvalue weighted by atomic mass is 32.2. The number of hydrogen-bond donors (Lipinski definition) is 1. The molecular weight excluding hydrogens is 316 g/mol. The van der Waals surface area contributed by atoms with Gasteiger partial charge >= 0.3 is 0 Å². The number of hydrogen-bond acceptors (Lipinski definition) is 4. The monoisotopic (exact) mass is 336 g/mol. The van der Waals surface area contributed by atoms with Crippen molar-refractivity contribution in [3.63, 3.8) is 0 Å². The van der Waals surface area contributed by atoms with Crippen LogP contribution in [0, 0.1) is 12.8 Å². The zero-order valence-corrected chi connectivity index (χ0v) is 13.8. The van der Waals surface area contributed by atoms with Gasteiger partial charge in [-0.3, -0.25) is 9.59 Å². The molecule has 2 aliphatic rings. The second-order valence-corrected chi connectivity index (χ2v) is 8.53. The van der Waals surface area contributed by atoms with Crippen LogP contribution in [0.2, 0.25) is 0 Å². The number of aryl methyl sites for hydroxylation is 1. The minimum Gasteiger partial charge on any atom is -0.352 e. The van der Waals surface area contributed by atoms with Crippen molar-refractivity contribution in [1.29, 1.82) is 0 Å². The van der Waals surface area contributed by atoms with Crippen LogP contribution in [0.25, 0.3) is 0 Å². The molecule has 0 bridgehead atoms. The number of anilines is 1. The van der Waals surface area contributed by atoms with Crippen LogP contribution in [0.5, 0.6) is 0 Å². The third kappa shape index (κ3) is 3.39. The molecule has 2 atom stereocenters. The van der Waals surface area contributed by atoms with Crippen LogP contribution in [0.3, 0.4) is 0 Å². The molecule has 1 N–H and O–H groups in total. The van der Waals surface area contributed by atoms with E-state index in [1.54, 1.807) is 4.90 Å². The van der Waals surface area contributed by atoms with Crippen molar-refractivity contribution < 1.29 is 18.0 Å². The molecule has 124 valence electrons. The van der Waals surface area contributed by atoms with Gasteiger partial charge in [-0.1, -0.05) is 18.2 Å². The molecule has 1 aromatic rings. The van der Waals surface area contributed by atoms with Crippen LogP contribution in [-0.2, 0) is 19.4 Å². The van der Waals surface area contributed by atoms with Crippen molar-refractivity contribution in [2.24, 2.45) is 5.92 Å². The van der Waals surface area contributed by atoms with E-state index in [4.69, 9.17) is 0 Å². The Morgan fingerprint density at radius 3 is 2.70 bits per heavy atom. The first-order valence-electron chi connectivity index (χ1n) is 7.72. The molecule has 7 heteroatoms. The van der Waals surface area contributed by atoms with Crippen molar-refractivity contribution in [3.8, 4) is 0 Å². The lowest BCUT2D eigenvalue weighted by molar-refractivity contribution is -0.126. The number of sulfone groups is 1. The number of nitrogens with one attached hydrogen (secondary N) is 1. The van der Waals surface area contributed by atoms with Crippen molar-refractivity contribution in [2.75, 3.05) is 23.0 Å². The van der Waals surface area contributed by atoms with E-state index in [2.05, 4.69) is 5.32 Å². The summed E-state index contributed by atoms with van der Waals surface area (Å²) in [4.78, 5) is 26.2. The van der Waals surface area contributed by atoms with E-state index in [-0.39, 0.29) is 35.8 Å². The largest absolute Gasteiger partial charge is 0.352 e. The fourth-order valence-corrected chi connectivity index (χ4v) is 4.88. The van der Waals surface area contributed by atoms with Gasteiger partial charge < -0.3 is 10.2 Å². The Labute approximate surface area is 135 Å². The van der Waals surface area contributed by atoms with Crippen molar-refractivity contribution >= 4 is 27.3 Å². The number of para-hydroxylation sites is 1. The van der Waals surface area contributed by atoms with Gasteiger partial charge in [0.25, 0.3) is 0 Å². The first-order chi connectivity index (χ1) is 10.9. The molecule has 2 fully saturated rings. The molecule has 2 amide bonds. The molecule has 0 aromatic heterocycles. The summed E-state index contributed by atoms with van der Waals surface area (Å²) in [6.07, 6.45) is 0.621. The Bertz CT molecular complexity index is 744. The van der Waals surface area contributed by atoms with Gasteiger partial charge in [-0.05, 0) is 25.0 Å². The fraction of sp³-hybridized carbons (Fsp3) is 0.500. The van der Waals surface area contributed by atoms with Gasteiger partial charge in [0.1, 0.15) is 0 Å². The summed E-state index contributed by atoms with van der Waals surface area (Å²) in [6.45, 7) is 2.27. The Morgan fingerprint density at radius 1 is 1.30 bits per heavy atom. The maximum absolute atomic E-state index is 12.3. The van der Waals surface area contributed by atoms with Gasteiger partial charge in [-0.2, -0.15) is 0 Å². The van der Waals surface area contributed by atoms with Crippen LogP contribution in [0.4, 0.5) is 5.69 Å². The Morgan fingerprint density at radius 2 is 2.04 bits per heavy atom. The number of nitrogens with zero attached hydrogens (tertiary/aromatic N) is 1. The van der Waals surface area contributed by atoms with Gasteiger partial charge in [0.05, 0.1) is 17.4 Å². The van der Waals surface area contributed by atoms with E-state index in [0.29, 0.717) is 13.0 Å². The topological polar surface area (TPSA) is 83.6 Å². The van der Waals surface area contributed by atoms with E-state index in [1.807, 2.05) is 31.2 Å². The van der Waals surface area contributed by atoms with E-state index < -0.39 is 15.8 Å². The second kappa shape index (κ2) is 5.96. The van der Waals surface area contributed by atoms with Crippen LogP contribution in [0.1, 0.15) is 18.4 Å². The maximum Gasteiger partial charge on any atom is 0.227 e. The van der Waals surface area contributed by atoms with Crippen molar-refractivity contribution in [2.45, 2.75) is 25.8 Å². The summed E-state index contributed by atoms with van der Waals surface area (Å²) in [6, 6.07) is 7.25. The lowest BCUT2D eigenvalue weighted by atomic mass is 10.1. The van der Waals surface area contributed by atoms with Crippen molar-refractivity contribution in [3.05, 3.63) is 29.8 Å². The molecule has 23 heavy (non-hydrogen) atoms. The Balaban J connectivity index is 1.66. The van der Waals surface area contributed by atoms with Crippen LogP contribution in [-0.4, -0.2) is 44.3 Å². The molecule has 2 unspecified atom stereocenters. The average Bonchev–Trinajstić information content (AvgIpc) is 3.02. The Kier molecular flexibility index (Phi) is 4.14. The van der Waals surface area contributed by atoms with Crippen LogP contribution < -0.4 is 10.2 Å². The lowest BCUT2D eigenvalue weighted by Gasteiger charge is -2.19. The highest BCUT2D eigenvalue weighted by Crippen LogP contribution is 2.28. The standard InChI is InChI=1S/C16H20N2O4S/c1-11-4-2-3-5-14(11)18-9-12(8-15(18)19)16(20)17-13-6-7-23(21,22)10-13/h2-5,12-13H,6-10H2,1H3,(H,17,20). The summed E-state index contributed by atoms with van der Waals surface area (Å²) in [7, 11) is -3.03. The summed E-state index contributed by atoms with van der Waals surface area (Å²) in [5.41, 5.74) is 1.82. The molecule has 3 rings (SSSR count). The highest BCUT2D eigenvalue weighted by molar-refractivity contribution is 7.91. The highest BCUT2D eigenvalue weighted by Gasteiger charge is 2.37. The van der Waals surface area contributed by atoms with E-state index in [0.717, 1.165) is 11.3 Å². The van der Waals surface area contributed by atoms with Crippen molar-refractivity contribution in [1.82, 2.24) is 5.32 Å². The predicted molar refractivity (Wildman–Crippen MR) is 86.8 cm³/mol. The summed E-state index contributed by atoms with van der Waals surface area (Å²) in [5, 5.41) is 2.79. The number of carbonyl (C=O) groups excluding carboxylic acids is 2. The van der Waals surface area contributed by atoms with E-state index >= 15 is 0 Å². The molecule has 1 aromatic carbocycles. The molecule has 2 saturated heterocycles. The third-order valence-corrected chi connectivity index (χ3v) is 6.25. The van der Waals surface area contributed by atoms with Crippen LogP contribution in [0.15, 0.2) is 24.3 Å². The van der Waals surface area contributed by atoms with E-state index in [9.17, 15) is 18.0 Å². The number of benzene rings is 1. The normalized spacial score (nSPS) is 26.5. The van der Waals surface area contributed by atoms with Gasteiger partial charge in [0, 0.05) is 24.7 Å². The molecule has 0 radical (unpaired) electrons. The molecule has 6 nitrogen and oxygen atoms in total. The van der Waals surface area contributed by atoms with Gasteiger partial charge in [-0.15, -0.1) is 0 Å². The minimum absolute atomic E-state index is 0.000907. The SMILES string of the molecule is Cc1ccccc1N1CC(C(=O)NC2CCS(=O)(=O)C2)CC1=O. The quantitative estimate of drug-likeness (QED) is 0.878. The van der Waals surface area contributed by atoms with Gasteiger partial charge in [-0.25, -0.2) is 8.42 Å². The molecule has 0 aliphatic carbocycles. The molecular formula is C16H20N2O4S. The first-order valence-corrected chi connectivity index (χ1v) is 9.54. The third-order valence-electron chi connectivity index (χ3n) is 4.48. The van der Waals surface area contributed by atoms with Gasteiger partial charge in [0.2, 0.25) is 11.8 Å². The van der Waals surface area contributed by atoms with Crippen LogP contribution >= 0.6 is 0 Å². The Hall–Kier alpha value is -1.89. The average molecular weight is 336 g/mol. The molecule has 2 aliphatic heterocycles. The molecule has 0 saturated carbocycles. The van der Waals surface area contributed by atoms with Gasteiger partial charge in [0.15, 0.2) is 9.84 Å². The number of carbonyl (C=O) groups is 2. The smallest absolute Gasteiger partial charge is 0.227 e. The molecule has 0 spiro atoms. The summed E-state index contributed by atoms with van der Waals surface area (Å²) < 4.78 is 22.9. The maximum atomic E-state index is 12.3. The summed E-state index contributed by atoms with van der Waals surface area (Å²) in [5.74, 6) is -0.599. The fourth-order valence-electron chi connectivity index (χ4n) is 3.21. The zero-order chi connectivity index (χ0) is 16.6. The number of amides is 2. The number of rotatable bonds is 3. The minimum atomic E-state index is -3.03. The predicted octanol–water partition coefficient (Wildman–Crippen LogP) is 0.651. The summed E-state index contributed by atoms with van der Waals surface area (Å²) >= 11 is 0. The second-order valence-electron chi connectivity index (χ2n) is 6.30. The first kappa shape index (κ1) is 16.0. The van der Waals surface area contributed by atoms with E-state index in [1.165, 1.54) is 0 Å². The zero-order valence-electron chi connectivity index (χ0n) is 13.0.